The summed E-state index contributed by atoms with van der Waals surface area (Å²) < 4.78 is 1.69. The summed E-state index contributed by atoms with van der Waals surface area (Å²) in [5, 5.41) is 8.70. The molecule has 2 aromatic heterocycles. The van der Waals surface area contributed by atoms with E-state index in [4.69, 9.17) is 0 Å². The van der Waals surface area contributed by atoms with Crippen molar-refractivity contribution in [2.45, 2.75) is 13.0 Å². The molecule has 2 heterocycles. The molecule has 6 heteroatoms. The average molecular weight is 298 g/mol. The van der Waals surface area contributed by atoms with Crippen LogP contribution in [0.25, 0.3) is 10.9 Å². The topological polar surface area (TPSA) is 61.8 Å². The predicted octanol–water partition coefficient (Wildman–Crippen LogP) is 2.01. The molecule has 3 aromatic rings. The molecule has 0 radical (unpaired) electrons. The molecule has 116 valence electrons. The molecular formula is C16H22N6. The number of aromatic nitrogens is 4. The number of rotatable bonds is 6. The Kier molecular flexibility index (Phi) is 4.11. The lowest BCUT2D eigenvalue weighted by Crippen LogP contribution is -2.15. The molecule has 0 saturated heterocycles. The second-order valence-electron chi connectivity index (χ2n) is 5.86. The molecule has 22 heavy (non-hydrogen) atoms. The Morgan fingerprint density at radius 1 is 1.27 bits per heavy atom. The summed E-state index contributed by atoms with van der Waals surface area (Å²) in [4.78, 5) is 9.84. The molecule has 0 aliphatic carbocycles. The monoisotopic (exact) mass is 298 g/mol. The molecule has 0 aliphatic rings. The van der Waals surface area contributed by atoms with Crippen LogP contribution in [0.5, 0.6) is 0 Å². The Balaban J connectivity index is 1.69. The van der Waals surface area contributed by atoms with Crippen molar-refractivity contribution in [3.8, 4) is 0 Å². The van der Waals surface area contributed by atoms with Gasteiger partial charge >= 0.3 is 0 Å². The van der Waals surface area contributed by atoms with Crippen LogP contribution in [0.4, 0.5) is 5.95 Å². The van der Waals surface area contributed by atoms with Gasteiger partial charge in [0, 0.05) is 37.8 Å². The van der Waals surface area contributed by atoms with Crippen LogP contribution >= 0.6 is 0 Å². The van der Waals surface area contributed by atoms with E-state index in [2.05, 4.69) is 63.6 Å². The molecule has 0 atom stereocenters. The molecule has 3 rings (SSSR count). The molecule has 1 aromatic carbocycles. The van der Waals surface area contributed by atoms with Gasteiger partial charge in [-0.3, -0.25) is 4.68 Å². The molecule has 6 nitrogen and oxygen atoms in total. The van der Waals surface area contributed by atoms with E-state index in [1.165, 1.54) is 22.2 Å². The lowest BCUT2D eigenvalue weighted by atomic mass is 10.1. The smallest absolute Gasteiger partial charge is 0.242 e. The number of hydrogen-bond acceptors (Lipinski definition) is 4. The molecule has 0 saturated carbocycles. The van der Waals surface area contributed by atoms with Gasteiger partial charge in [0.2, 0.25) is 5.95 Å². The van der Waals surface area contributed by atoms with E-state index >= 15 is 0 Å². The highest BCUT2D eigenvalue weighted by Crippen LogP contribution is 2.18. The number of likely N-dealkylation sites (N-methyl/N-ethyl adjacent to an activating group) is 1. The summed E-state index contributed by atoms with van der Waals surface area (Å²) in [6.07, 6.45) is 2.72. The maximum Gasteiger partial charge on any atom is 0.242 e. The van der Waals surface area contributed by atoms with Crippen molar-refractivity contribution in [3.63, 3.8) is 0 Å². The van der Waals surface area contributed by atoms with Gasteiger partial charge in [-0.05, 0) is 43.2 Å². The van der Waals surface area contributed by atoms with E-state index < -0.39 is 0 Å². The Morgan fingerprint density at radius 2 is 2.14 bits per heavy atom. The normalized spacial score (nSPS) is 11.5. The zero-order valence-corrected chi connectivity index (χ0v) is 13.3. The minimum atomic E-state index is 0.656. The van der Waals surface area contributed by atoms with Crippen molar-refractivity contribution in [1.29, 1.82) is 0 Å². The van der Waals surface area contributed by atoms with Crippen LogP contribution in [0.3, 0.4) is 0 Å². The SMILES string of the molecule is CN(C)CCc1cc2cc(CNc3ncn(C)n3)ccc2[nH]1. The molecular weight excluding hydrogens is 276 g/mol. The van der Waals surface area contributed by atoms with E-state index in [1.807, 2.05) is 7.05 Å². The Labute approximate surface area is 130 Å². The lowest BCUT2D eigenvalue weighted by Gasteiger charge is -2.07. The summed E-state index contributed by atoms with van der Waals surface area (Å²) >= 11 is 0. The number of fused-ring (bicyclic) bond motifs is 1. The average Bonchev–Trinajstić information content (AvgIpc) is 3.08. The first-order valence-corrected chi connectivity index (χ1v) is 7.45. The number of anilines is 1. The van der Waals surface area contributed by atoms with E-state index in [-0.39, 0.29) is 0 Å². The zero-order chi connectivity index (χ0) is 15.5. The number of nitrogens with zero attached hydrogens (tertiary/aromatic N) is 4. The molecule has 0 fully saturated rings. The lowest BCUT2D eigenvalue weighted by molar-refractivity contribution is 0.412. The summed E-state index contributed by atoms with van der Waals surface area (Å²) in [7, 11) is 6.05. The fraction of sp³-hybridized carbons (Fsp3) is 0.375. The molecule has 0 aliphatic heterocycles. The Morgan fingerprint density at radius 3 is 2.86 bits per heavy atom. The van der Waals surface area contributed by atoms with E-state index in [9.17, 15) is 0 Å². The van der Waals surface area contributed by atoms with Crippen LogP contribution in [0.2, 0.25) is 0 Å². The van der Waals surface area contributed by atoms with Gasteiger partial charge in [0.15, 0.2) is 0 Å². The number of aryl methyl sites for hydroxylation is 1. The van der Waals surface area contributed by atoms with Gasteiger partial charge in [0.05, 0.1) is 0 Å². The maximum absolute atomic E-state index is 4.22. The Bertz CT molecular complexity index is 755. The van der Waals surface area contributed by atoms with E-state index in [1.54, 1.807) is 11.0 Å². The van der Waals surface area contributed by atoms with Gasteiger partial charge in [-0.1, -0.05) is 6.07 Å². The third kappa shape index (κ3) is 3.46. The van der Waals surface area contributed by atoms with Gasteiger partial charge < -0.3 is 15.2 Å². The standard InChI is InChI=1S/C16H22N6/c1-21(2)7-6-14-9-13-8-12(4-5-15(13)19-14)10-17-16-18-11-22(3)20-16/h4-5,8-9,11,19H,6-7,10H2,1-3H3,(H,17,20). The van der Waals surface area contributed by atoms with Crippen molar-refractivity contribution in [2.24, 2.45) is 7.05 Å². The molecule has 0 spiro atoms. The fourth-order valence-corrected chi connectivity index (χ4v) is 2.43. The van der Waals surface area contributed by atoms with Gasteiger partial charge in [0.25, 0.3) is 0 Å². The van der Waals surface area contributed by atoms with Crippen molar-refractivity contribution in [1.82, 2.24) is 24.6 Å². The van der Waals surface area contributed by atoms with Crippen LogP contribution in [0.1, 0.15) is 11.3 Å². The van der Waals surface area contributed by atoms with Gasteiger partial charge in [-0.25, -0.2) is 4.98 Å². The second kappa shape index (κ2) is 6.19. The highest BCUT2D eigenvalue weighted by atomic mass is 15.4. The van der Waals surface area contributed by atoms with Crippen molar-refractivity contribution in [2.75, 3.05) is 26.0 Å². The van der Waals surface area contributed by atoms with E-state index in [0.29, 0.717) is 5.95 Å². The van der Waals surface area contributed by atoms with Gasteiger partial charge in [0.1, 0.15) is 6.33 Å². The van der Waals surface area contributed by atoms with Crippen LogP contribution < -0.4 is 5.32 Å². The zero-order valence-electron chi connectivity index (χ0n) is 13.3. The minimum absolute atomic E-state index is 0.656. The third-order valence-corrected chi connectivity index (χ3v) is 3.62. The number of benzene rings is 1. The fourth-order valence-electron chi connectivity index (χ4n) is 2.43. The van der Waals surface area contributed by atoms with Gasteiger partial charge in [-0.2, -0.15) is 0 Å². The van der Waals surface area contributed by atoms with Crippen LogP contribution in [-0.4, -0.2) is 45.3 Å². The third-order valence-electron chi connectivity index (χ3n) is 3.62. The molecule has 0 unspecified atom stereocenters. The maximum atomic E-state index is 4.22. The molecule has 2 N–H and O–H groups in total. The van der Waals surface area contributed by atoms with Crippen molar-refractivity contribution in [3.05, 3.63) is 41.9 Å². The summed E-state index contributed by atoms with van der Waals surface area (Å²) in [6, 6.07) is 8.71. The highest BCUT2D eigenvalue weighted by Gasteiger charge is 2.04. The summed E-state index contributed by atoms with van der Waals surface area (Å²) in [5.74, 6) is 0.656. The first-order valence-electron chi connectivity index (χ1n) is 7.45. The number of hydrogen-bond donors (Lipinski definition) is 2. The van der Waals surface area contributed by atoms with Gasteiger partial charge in [-0.15, -0.1) is 5.10 Å². The summed E-state index contributed by atoms with van der Waals surface area (Å²) in [5.41, 5.74) is 3.69. The van der Waals surface area contributed by atoms with E-state index in [0.717, 1.165) is 19.5 Å². The van der Waals surface area contributed by atoms with Crippen LogP contribution in [0.15, 0.2) is 30.6 Å². The quantitative estimate of drug-likeness (QED) is 0.731. The van der Waals surface area contributed by atoms with Crippen LogP contribution in [-0.2, 0) is 20.0 Å². The molecule has 0 amide bonds. The predicted molar refractivity (Wildman–Crippen MR) is 88.9 cm³/mol. The number of H-pyrrole nitrogens is 1. The number of nitrogens with one attached hydrogen (secondary N) is 2. The first-order chi connectivity index (χ1) is 10.6. The largest absolute Gasteiger partial charge is 0.358 e. The first kappa shape index (κ1) is 14.6. The second-order valence-corrected chi connectivity index (χ2v) is 5.86. The highest BCUT2D eigenvalue weighted by molar-refractivity contribution is 5.81. The van der Waals surface area contributed by atoms with Crippen molar-refractivity contribution < 1.29 is 0 Å². The van der Waals surface area contributed by atoms with Crippen molar-refractivity contribution >= 4 is 16.9 Å². The Hall–Kier alpha value is -2.34. The summed E-state index contributed by atoms with van der Waals surface area (Å²) in [6.45, 7) is 1.77. The van der Waals surface area contributed by atoms with Crippen LogP contribution in [0, 0.1) is 0 Å². The number of aromatic amines is 1. The molecule has 0 bridgehead atoms. The minimum Gasteiger partial charge on any atom is -0.358 e.